The molecule has 5 atom stereocenters. The number of hydrogen-bond acceptors (Lipinski definition) is 9. The van der Waals surface area contributed by atoms with Crippen molar-refractivity contribution in [1.29, 1.82) is 0 Å². The zero-order valence-corrected chi connectivity index (χ0v) is 17.1. The van der Waals surface area contributed by atoms with Crippen LogP contribution in [0.15, 0.2) is 0 Å². The van der Waals surface area contributed by atoms with Gasteiger partial charge >= 0.3 is 11.9 Å². The van der Waals surface area contributed by atoms with Crippen molar-refractivity contribution >= 4 is 17.7 Å². The van der Waals surface area contributed by atoms with Crippen molar-refractivity contribution in [2.45, 2.75) is 89.9 Å². The Morgan fingerprint density at radius 3 is 2.39 bits per heavy atom. The first-order valence-corrected chi connectivity index (χ1v) is 9.58. The molecular formula is C19H30O9. The minimum atomic E-state index is -1.23. The minimum absolute atomic E-state index is 0.0509. The molecule has 2 saturated heterocycles. The first kappa shape index (κ1) is 22.7. The average Bonchev–Trinajstić information content (AvgIpc) is 2.94. The van der Waals surface area contributed by atoms with Gasteiger partial charge in [-0.3, -0.25) is 4.79 Å². The SMILES string of the molecule is CCCCOC1[C@H](OC(=O)CCC(C)=O)C(C(=O)OC)O[C@H]2OC(C)(C)O[C@@H]12. The fourth-order valence-corrected chi connectivity index (χ4v) is 3.14. The van der Waals surface area contributed by atoms with E-state index in [4.69, 9.17) is 28.4 Å². The number of Topliss-reactive ketones (excluding diaryl/α,β-unsaturated/α-hetero) is 1. The predicted octanol–water partition coefficient (Wildman–Crippen LogP) is 1.50. The quantitative estimate of drug-likeness (QED) is 0.419. The Morgan fingerprint density at radius 2 is 1.79 bits per heavy atom. The zero-order valence-electron chi connectivity index (χ0n) is 17.1. The van der Waals surface area contributed by atoms with Gasteiger partial charge in [0.25, 0.3) is 0 Å². The second kappa shape index (κ2) is 9.78. The van der Waals surface area contributed by atoms with Crippen molar-refractivity contribution in [3.63, 3.8) is 0 Å². The molecule has 0 aromatic carbocycles. The van der Waals surface area contributed by atoms with E-state index in [1.165, 1.54) is 14.0 Å². The summed E-state index contributed by atoms with van der Waals surface area (Å²) in [6.07, 6.45) is -2.99. The molecule has 28 heavy (non-hydrogen) atoms. The number of carbonyl (C=O) groups excluding carboxylic acids is 3. The molecule has 2 rings (SSSR count). The van der Waals surface area contributed by atoms with Gasteiger partial charge < -0.3 is 33.2 Å². The van der Waals surface area contributed by atoms with Gasteiger partial charge in [0.15, 0.2) is 24.3 Å². The highest BCUT2D eigenvalue weighted by Crippen LogP contribution is 2.39. The molecule has 0 aliphatic carbocycles. The fraction of sp³-hybridized carbons (Fsp3) is 0.842. The van der Waals surface area contributed by atoms with Crippen LogP contribution in [0.5, 0.6) is 0 Å². The summed E-state index contributed by atoms with van der Waals surface area (Å²) in [5.74, 6) is -2.42. The van der Waals surface area contributed by atoms with Gasteiger partial charge in [-0.2, -0.15) is 0 Å². The number of methoxy groups -OCH3 is 1. The van der Waals surface area contributed by atoms with Crippen molar-refractivity contribution < 1.29 is 42.8 Å². The van der Waals surface area contributed by atoms with Gasteiger partial charge in [0, 0.05) is 13.0 Å². The Labute approximate surface area is 164 Å². The minimum Gasteiger partial charge on any atom is -0.467 e. The van der Waals surface area contributed by atoms with E-state index in [1.54, 1.807) is 13.8 Å². The summed E-state index contributed by atoms with van der Waals surface area (Å²) in [6.45, 7) is 7.24. The fourth-order valence-electron chi connectivity index (χ4n) is 3.14. The van der Waals surface area contributed by atoms with Gasteiger partial charge in [0.2, 0.25) is 0 Å². The van der Waals surface area contributed by atoms with Crippen LogP contribution in [0, 0.1) is 0 Å². The third kappa shape index (κ3) is 5.73. The van der Waals surface area contributed by atoms with E-state index >= 15 is 0 Å². The molecule has 0 bridgehead atoms. The average molecular weight is 402 g/mol. The molecule has 2 unspecified atom stereocenters. The monoisotopic (exact) mass is 402 g/mol. The smallest absolute Gasteiger partial charge is 0.339 e. The maximum Gasteiger partial charge on any atom is 0.339 e. The Hall–Kier alpha value is -1.55. The van der Waals surface area contributed by atoms with Gasteiger partial charge in [0.05, 0.1) is 13.5 Å². The molecule has 2 heterocycles. The summed E-state index contributed by atoms with van der Waals surface area (Å²) >= 11 is 0. The van der Waals surface area contributed by atoms with Crippen LogP contribution >= 0.6 is 0 Å². The second-order valence-corrected chi connectivity index (χ2v) is 7.39. The first-order chi connectivity index (χ1) is 13.2. The van der Waals surface area contributed by atoms with E-state index in [2.05, 4.69) is 0 Å². The van der Waals surface area contributed by atoms with Gasteiger partial charge in [0.1, 0.15) is 18.0 Å². The molecule has 9 heteroatoms. The van der Waals surface area contributed by atoms with Gasteiger partial charge in [-0.05, 0) is 27.2 Å². The van der Waals surface area contributed by atoms with Gasteiger partial charge in [-0.25, -0.2) is 4.79 Å². The Morgan fingerprint density at radius 1 is 1.07 bits per heavy atom. The molecule has 2 aliphatic rings. The van der Waals surface area contributed by atoms with Gasteiger partial charge in [-0.15, -0.1) is 0 Å². The van der Waals surface area contributed by atoms with E-state index in [-0.39, 0.29) is 18.6 Å². The van der Waals surface area contributed by atoms with Crippen molar-refractivity contribution in [1.82, 2.24) is 0 Å². The predicted molar refractivity (Wildman–Crippen MR) is 95.2 cm³/mol. The molecule has 0 radical (unpaired) electrons. The van der Waals surface area contributed by atoms with E-state index < -0.39 is 48.4 Å². The van der Waals surface area contributed by atoms with E-state index in [1.807, 2.05) is 6.92 Å². The molecule has 0 N–H and O–H groups in total. The molecule has 0 spiro atoms. The third-order valence-electron chi connectivity index (χ3n) is 4.51. The summed E-state index contributed by atoms with van der Waals surface area (Å²) in [5.41, 5.74) is 0. The van der Waals surface area contributed by atoms with E-state index in [9.17, 15) is 14.4 Å². The summed E-state index contributed by atoms with van der Waals surface area (Å²) in [4.78, 5) is 35.7. The normalized spacial score (nSPS) is 31.1. The van der Waals surface area contributed by atoms with Crippen molar-refractivity contribution in [3.05, 3.63) is 0 Å². The molecule has 2 fully saturated rings. The molecule has 0 amide bonds. The van der Waals surface area contributed by atoms with Gasteiger partial charge in [-0.1, -0.05) is 13.3 Å². The lowest BCUT2D eigenvalue weighted by molar-refractivity contribution is -0.264. The van der Waals surface area contributed by atoms with Crippen molar-refractivity contribution in [2.24, 2.45) is 0 Å². The molecule has 2 aliphatic heterocycles. The lowest BCUT2D eigenvalue weighted by Gasteiger charge is -2.40. The number of carbonyl (C=O) groups is 3. The van der Waals surface area contributed by atoms with Crippen molar-refractivity contribution in [2.75, 3.05) is 13.7 Å². The number of ether oxygens (including phenoxy) is 6. The summed E-state index contributed by atoms with van der Waals surface area (Å²) in [5, 5.41) is 0. The summed E-state index contributed by atoms with van der Waals surface area (Å²) in [7, 11) is 1.22. The number of esters is 2. The Bertz CT molecular complexity index is 574. The molecule has 160 valence electrons. The lowest BCUT2D eigenvalue weighted by Crippen LogP contribution is -2.61. The standard InChI is InChI=1S/C19H30O9/c1-6-7-10-24-13-14(25-12(21)9-8-11(2)20)15(17(22)23-5)26-18-16(13)27-19(3,4)28-18/h13-16,18H,6-10H2,1-5H3/t13?,14-,15?,16-,18-/m0/s1. The highest BCUT2D eigenvalue weighted by molar-refractivity contribution is 5.81. The molecular weight excluding hydrogens is 372 g/mol. The van der Waals surface area contributed by atoms with Crippen LogP contribution < -0.4 is 0 Å². The molecule has 0 saturated carbocycles. The van der Waals surface area contributed by atoms with Crippen LogP contribution in [0.25, 0.3) is 0 Å². The molecule has 0 aromatic rings. The summed E-state index contributed by atoms with van der Waals surface area (Å²) < 4.78 is 33.6. The lowest BCUT2D eigenvalue weighted by atomic mass is 9.98. The highest BCUT2D eigenvalue weighted by Gasteiger charge is 2.58. The highest BCUT2D eigenvalue weighted by atomic mass is 16.8. The summed E-state index contributed by atoms with van der Waals surface area (Å²) in [6, 6.07) is 0. The van der Waals surface area contributed by atoms with Crippen LogP contribution in [0.2, 0.25) is 0 Å². The Balaban J connectivity index is 2.24. The largest absolute Gasteiger partial charge is 0.467 e. The van der Waals surface area contributed by atoms with Crippen LogP contribution in [-0.2, 0) is 42.8 Å². The van der Waals surface area contributed by atoms with E-state index in [0.717, 1.165) is 12.8 Å². The van der Waals surface area contributed by atoms with Crippen LogP contribution in [0.4, 0.5) is 0 Å². The van der Waals surface area contributed by atoms with Crippen LogP contribution in [0.3, 0.4) is 0 Å². The molecule has 0 aromatic heterocycles. The first-order valence-electron chi connectivity index (χ1n) is 9.58. The maximum absolute atomic E-state index is 12.3. The zero-order chi connectivity index (χ0) is 20.9. The Kier molecular flexibility index (Phi) is 7.94. The number of rotatable bonds is 9. The topological polar surface area (TPSA) is 107 Å². The number of ketones is 1. The maximum atomic E-state index is 12.3. The number of unbranched alkanes of at least 4 members (excludes halogenated alkanes) is 1. The van der Waals surface area contributed by atoms with Crippen molar-refractivity contribution in [3.8, 4) is 0 Å². The second-order valence-electron chi connectivity index (χ2n) is 7.39. The number of hydrogen-bond donors (Lipinski definition) is 0. The third-order valence-corrected chi connectivity index (χ3v) is 4.51. The van der Waals surface area contributed by atoms with E-state index in [0.29, 0.717) is 6.61 Å². The van der Waals surface area contributed by atoms with Crippen LogP contribution in [0.1, 0.15) is 53.4 Å². The molecule has 9 nitrogen and oxygen atoms in total. The number of fused-ring (bicyclic) bond motifs is 1. The van der Waals surface area contributed by atoms with Crippen LogP contribution in [-0.4, -0.2) is 67.9 Å².